The zero-order valence-electron chi connectivity index (χ0n) is 26.3. The normalized spacial score (nSPS) is 11.7. The van der Waals surface area contributed by atoms with Crippen LogP contribution in [0.5, 0.6) is 0 Å². The smallest absolute Gasteiger partial charge is 0.200 e. The predicted octanol–water partition coefficient (Wildman–Crippen LogP) is 7.07. The highest BCUT2D eigenvalue weighted by molar-refractivity contribution is 9.10. The Morgan fingerprint density at radius 3 is 0.636 bits per heavy atom. The zero-order chi connectivity index (χ0) is 41.9. The number of quaternary nitrogens is 1. The van der Waals surface area contributed by atoms with Gasteiger partial charge in [-0.1, -0.05) is 15.9 Å². The lowest BCUT2D eigenvalue weighted by Crippen LogP contribution is -3.00. The van der Waals surface area contributed by atoms with E-state index in [9.17, 15) is 52.7 Å². The van der Waals surface area contributed by atoms with Crippen molar-refractivity contribution < 1.29 is 92.7 Å². The van der Waals surface area contributed by atoms with Crippen molar-refractivity contribution in [1.82, 2.24) is 0 Å². The molecule has 0 spiro atoms. The van der Waals surface area contributed by atoms with Crippen LogP contribution in [0.2, 0.25) is 0 Å². The minimum absolute atomic E-state index is 1.14. The van der Waals surface area contributed by atoms with Crippen molar-refractivity contribution in [2.45, 2.75) is 0 Å². The monoisotopic (exact) mass is 879 g/mol. The van der Waals surface area contributed by atoms with Gasteiger partial charge in [0, 0.05) is 16.6 Å². The second kappa shape index (κ2) is 15.4. The second-order valence-electron chi connectivity index (χ2n) is 11.3. The van der Waals surface area contributed by atoms with Crippen LogP contribution in [-0.2, 0) is 0 Å². The molecule has 0 unspecified atom stereocenters. The molecule has 23 heteroatoms. The lowest BCUT2D eigenvalue weighted by molar-refractivity contribution is -0.786. The van der Waals surface area contributed by atoms with E-state index < -0.39 is 144 Å². The fourth-order valence-electron chi connectivity index (χ4n) is 5.66. The van der Waals surface area contributed by atoms with Gasteiger partial charge in [0.1, 0.15) is 58.4 Å². The molecule has 0 heterocycles. The van der Waals surface area contributed by atoms with Crippen molar-refractivity contribution in [2.75, 3.05) is 14.1 Å². The van der Waals surface area contributed by atoms with Gasteiger partial charge >= 0.3 is 0 Å². The SMILES string of the molecule is C[NH+](C)c1ccc(Br)cc1.Fc1c(F)c(F)c([B-](c2c(F)c(F)c(F)c(F)c2F)(c2c(F)c(F)c(F)c(F)c2F)c2c(F)c(F)c(F)c(F)c2F)c(F)c1F. The average Bonchev–Trinajstić information content (AvgIpc) is 3.15. The van der Waals surface area contributed by atoms with E-state index in [-0.39, 0.29) is 0 Å². The van der Waals surface area contributed by atoms with Crippen molar-refractivity contribution in [1.29, 1.82) is 0 Å². The molecule has 5 aromatic carbocycles. The number of benzene rings is 5. The van der Waals surface area contributed by atoms with Crippen LogP contribution < -0.4 is 26.8 Å². The number of rotatable bonds is 5. The molecule has 55 heavy (non-hydrogen) atoms. The fraction of sp³-hybridized carbons (Fsp3) is 0.0625. The van der Waals surface area contributed by atoms with Crippen LogP contribution in [0.15, 0.2) is 28.7 Å². The van der Waals surface area contributed by atoms with Crippen LogP contribution in [-0.4, -0.2) is 20.2 Å². The molecule has 0 fully saturated rings. The van der Waals surface area contributed by atoms with E-state index >= 15 is 35.1 Å². The highest BCUT2D eigenvalue weighted by Crippen LogP contribution is 2.30. The molecule has 0 aliphatic rings. The van der Waals surface area contributed by atoms with E-state index in [1.54, 1.807) is 0 Å². The van der Waals surface area contributed by atoms with E-state index in [0.717, 1.165) is 4.47 Å². The molecule has 1 N–H and O–H groups in total. The molecule has 0 aliphatic carbocycles. The van der Waals surface area contributed by atoms with Gasteiger partial charge in [-0.25, -0.2) is 87.8 Å². The number of nitrogens with one attached hydrogen (secondary N) is 1. The summed E-state index contributed by atoms with van der Waals surface area (Å²) in [5, 5.41) is 0. The summed E-state index contributed by atoms with van der Waals surface area (Å²) >= 11 is 3.39. The summed E-state index contributed by atoms with van der Waals surface area (Å²) in [6, 6.07) is 8.34. The van der Waals surface area contributed by atoms with E-state index in [2.05, 4.69) is 54.3 Å². The lowest BCUT2D eigenvalue weighted by Gasteiger charge is -2.44. The van der Waals surface area contributed by atoms with Crippen LogP contribution in [0.4, 0.5) is 93.5 Å². The minimum atomic E-state index is -7.22. The van der Waals surface area contributed by atoms with E-state index in [4.69, 9.17) is 0 Å². The van der Waals surface area contributed by atoms with Gasteiger partial charge in [-0.3, -0.25) is 0 Å². The molecular weight excluding hydrogens is 869 g/mol. The highest BCUT2D eigenvalue weighted by Gasteiger charge is 2.52. The third kappa shape index (κ3) is 6.57. The van der Waals surface area contributed by atoms with Crippen LogP contribution in [0.3, 0.4) is 0 Å². The summed E-state index contributed by atoms with van der Waals surface area (Å²) < 4.78 is 295. The van der Waals surface area contributed by atoms with E-state index in [1.165, 1.54) is 10.6 Å². The molecule has 1 nitrogen and oxygen atoms in total. The first kappa shape index (κ1) is 42.9. The maximum atomic E-state index is 15.4. The first-order chi connectivity index (χ1) is 25.4. The Morgan fingerprint density at radius 2 is 0.473 bits per heavy atom. The standard InChI is InChI=1S/C24BF20.C8H10BrN/c26-5-1(6(27)14(35)21(42)13(5)34)25(2-7(28)15(36)22(43)16(37)8(2)29,3-9(30)17(38)23(44)18(39)10(3)31)4-11(32)19(40)24(45)20(41)12(4)33;1-10(2)8-5-3-7(9)4-6-8/h;3-6H,1-2H3/q-1;/p+1. The maximum Gasteiger partial charge on any atom is 0.200 e. The van der Waals surface area contributed by atoms with Gasteiger partial charge in [0.25, 0.3) is 0 Å². The van der Waals surface area contributed by atoms with Gasteiger partial charge in [-0.2, -0.15) is 0 Å². The van der Waals surface area contributed by atoms with E-state index in [0.29, 0.717) is 0 Å². The van der Waals surface area contributed by atoms with Crippen molar-refractivity contribution in [3.63, 3.8) is 0 Å². The minimum Gasteiger partial charge on any atom is -0.307 e. The second-order valence-corrected chi connectivity index (χ2v) is 12.2. The largest absolute Gasteiger partial charge is 0.307 e. The first-order valence-electron chi connectivity index (χ1n) is 14.2. The van der Waals surface area contributed by atoms with Crippen molar-refractivity contribution in [3.05, 3.63) is 145 Å². The van der Waals surface area contributed by atoms with Crippen LogP contribution >= 0.6 is 15.9 Å². The Labute approximate surface area is 301 Å². The van der Waals surface area contributed by atoms with Crippen LogP contribution in [0, 0.1) is 116 Å². The van der Waals surface area contributed by atoms with Crippen molar-refractivity contribution in [2.24, 2.45) is 0 Å². The number of halogens is 21. The summed E-state index contributed by atoms with van der Waals surface area (Å²) in [5.74, 6) is -71.4. The molecular formula is C32H11BBrF20N. The summed E-state index contributed by atoms with van der Waals surface area (Å²) in [7, 11) is 4.23. The molecule has 0 aromatic heterocycles. The topological polar surface area (TPSA) is 4.44 Å². The van der Waals surface area contributed by atoms with Crippen molar-refractivity contribution in [3.8, 4) is 0 Å². The molecule has 5 aromatic rings. The Bertz CT molecular complexity index is 1990. The quantitative estimate of drug-likeness (QED) is 0.0835. The average molecular weight is 880 g/mol. The Morgan fingerprint density at radius 1 is 0.309 bits per heavy atom. The van der Waals surface area contributed by atoms with E-state index in [1.807, 2.05) is 0 Å². The molecule has 0 saturated carbocycles. The molecule has 0 saturated heterocycles. The predicted molar refractivity (Wildman–Crippen MR) is 156 cm³/mol. The Hall–Kier alpha value is -4.80. The summed E-state index contributed by atoms with van der Waals surface area (Å²) in [6.07, 6.45) is -7.22. The van der Waals surface area contributed by atoms with Gasteiger partial charge in [0.15, 0.2) is 69.8 Å². The number of hydrogen-bond donors (Lipinski definition) is 1. The Balaban J connectivity index is 0.000000583. The maximum absolute atomic E-state index is 15.4. The molecule has 294 valence electrons. The molecule has 0 aliphatic heterocycles. The molecule has 0 amide bonds. The number of hydrogen-bond acceptors (Lipinski definition) is 0. The van der Waals surface area contributed by atoms with Crippen LogP contribution in [0.1, 0.15) is 0 Å². The first-order valence-corrected chi connectivity index (χ1v) is 15.0. The third-order valence-electron chi connectivity index (χ3n) is 8.13. The summed E-state index contributed by atoms with van der Waals surface area (Å²) in [5.41, 5.74) is -13.0. The van der Waals surface area contributed by atoms with Gasteiger partial charge in [0.2, 0.25) is 0 Å². The van der Waals surface area contributed by atoms with Gasteiger partial charge < -0.3 is 4.90 Å². The molecule has 0 radical (unpaired) electrons. The van der Waals surface area contributed by atoms with Gasteiger partial charge in [-0.05, 0) is 12.1 Å². The molecule has 5 rings (SSSR count). The molecule has 0 atom stereocenters. The van der Waals surface area contributed by atoms with Gasteiger partial charge in [0.05, 0.1) is 14.1 Å². The third-order valence-corrected chi connectivity index (χ3v) is 8.66. The fourth-order valence-corrected chi connectivity index (χ4v) is 5.92. The summed E-state index contributed by atoms with van der Waals surface area (Å²) in [6.45, 7) is 0. The summed E-state index contributed by atoms with van der Waals surface area (Å²) in [4.78, 5) is 1.35. The highest BCUT2D eigenvalue weighted by atomic mass is 79.9. The lowest BCUT2D eigenvalue weighted by atomic mass is 9.12. The van der Waals surface area contributed by atoms with Crippen LogP contribution in [0.25, 0.3) is 0 Å². The van der Waals surface area contributed by atoms with Crippen molar-refractivity contribution >= 4 is 49.6 Å². The Kier molecular flexibility index (Phi) is 12.0. The molecule has 0 bridgehead atoms. The zero-order valence-corrected chi connectivity index (χ0v) is 27.9. The van der Waals surface area contributed by atoms with Gasteiger partial charge in [-0.15, -0.1) is 21.9 Å².